The Bertz CT molecular complexity index is 1320. The average Bonchev–Trinajstić information content (AvgIpc) is 3.76. The summed E-state index contributed by atoms with van der Waals surface area (Å²) in [5, 5.41) is 3.22. The first-order chi connectivity index (χ1) is 19.7. The molecule has 3 unspecified atom stereocenters. The number of carbonyl (C=O) groups excluding carboxylic acids is 3. The first-order valence-corrected chi connectivity index (χ1v) is 14.5. The summed E-state index contributed by atoms with van der Waals surface area (Å²) in [6.45, 7) is 5.40. The van der Waals surface area contributed by atoms with Gasteiger partial charge in [0.15, 0.2) is 0 Å². The molecule has 2 aromatic rings. The summed E-state index contributed by atoms with van der Waals surface area (Å²) < 4.78 is 17.1. The molecular weight excluding hydrogens is 520 g/mol. The van der Waals surface area contributed by atoms with Gasteiger partial charge in [0.2, 0.25) is 5.91 Å². The molecule has 0 spiro atoms. The van der Waals surface area contributed by atoms with Crippen molar-refractivity contribution in [2.75, 3.05) is 26.7 Å². The number of methoxy groups -OCH3 is 1. The van der Waals surface area contributed by atoms with Crippen LogP contribution < -0.4 is 14.8 Å². The smallest absolute Gasteiger partial charge is 0.308 e. The molecule has 218 valence electrons. The molecule has 2 saturated carbocycles. The van der Waals surface area contributed by atoms with E-state index in [1.54, 1.807) is 25.3 Å². The standard InChI is InChI=1S/C33H40N2O6/c1-23(36)40-30-9-5-7-27(19-30)32-16-17-35(21-26-10-11-26)22-33(32,41-24(2)37)15-14-28(20-32)34-31(38)13-12-25-6-4-8-29(18-25)39-3/h4-9,12-13,18-19,26,28H,10-11,14-17,20-22H2,1-3H3,(H,34,38)/b13-12+. The van der Waals surface area contributed by atoms with Crippen LogP contribution in [0, 0.1) is 5.92 Å². The molecule has 0 radical (unpaired) electrons. The molecule has 5 rings (SSSR count). The van der Waals surface area contributed by atoms with E-state index in [9.17, 15) is 14.4 Å². The molecule has 3 aliphatic rings. The Morgan fingerprint density at radius 2 is 1.78 bits per heavy atom. The minimum absolute atomic E-state index is 0.117. The van der Waals surface area contributed by atoms with Gasteiger partial charge in [0.1, 0.15) is 17.1 Å². The summed E-state index contributed by atoms with van der Waals surface area (Å²) in [5.74, 6) is 1.05. The summed E-state index contributed by atoms with van der Waals surface area (Å²) in [6, 6.07) is 15.0. The van der Waals surface area contributed by atoms with Crippen LogP contribution in [0.1, 0.15) is 63.5 Å². The molecule has 3 atom stereocenters. The second-order valence-electron chi connectivity index (χ2n) is 11.8. The fourth-order valence-electron chi connectivity index (χ4n) is 6.82. The maximum absolute atomic E-state index is 13.1. The van der Waals surface area contributed by atoms with E-state index in [1.165, 1.54) is 26.7 Å². The predicted molar refractivity (Wildman–Crippen MR) is 156 cm³/mol. The molecular formula is C33H40N2O6. The van der Waals surface area contributed by atoms with E-state index in [-0.39, 0.29) is 23.9 Å². The van der Waals surface area contributed by atoms with E-state index >= 15 is 0 Å². The van der Waals surface area contributed by atoms with Gasteiger partial charge in [0.25, 0.3) is 0 Å². The zero-order valence-electron chi connectivity index (χ0n) is 24.2. The van der Waals surface area contributed by atoms with Crippen LogP contribution >= 0.6 is 0 Å². The molecule has 1 saturated heterocycles. The van der Waals surface area contributed by atoms with Crippen LogP contribution in [0.4, 0.5) is 0 Å². The number of hydrogen-bond acceptors (Lipinski definition) is 7. The summed E-state index contributed by atoms with van der Waals surface area (Å²) in [6.07, 6.45) is 8.52. The molecule has 8 heteroatoms. The topological polar surface area (TPSA) is 94.2 Å². The highest BCUT2D eigenvalue weighted by Gasteiger charge is 2.61. The van der Waals surface area contributed by atoms with Gasteiger partial charge in [-0.05, 0) is 92.5 Å². The molecule has 8 nitrogen and oxygen atoms in total. The van der Waals surface area contributed by atoms with Crippen LogP contribution in [-0.4, -0.2) is 61.1 Å². The largest absolute Gasteiger partial charge is 0.497 e. The number of nitrogens with zero attached hydrogens (tertiary/aromatic N) is 1. The van der Waals surface area contributed by atoms with Gasteiger partial charge >= 0.3 is 11.9 Å². The maximum Gasteiger partial charge on any atom is 0.308 e. The highest BCUT2D eigenvalue weighted by Crippen LogP contribution is 2.54. The highest BCUT2D eigenvalue weighted by molar-refractivity contribution is 5.92. The lowest BCUT2D eigenvalue weighted by Crippen LogP contribution is -2.68. The average molecular weight is 561 g/mol. The third-order valence-electron chi connectivity index (χ3n) is 8.77. The van der Waals surface area contributed by atoms with E-state index in [2.05, 4.69) is 10.2 Å². The van der Waals surface area contributed by atoms with E-state index in [0.29, 0.717) is 31.6 Å². The molecule has 2 aliphatic carbocycles. The number of likely N-dealkylation sites (tertiary alicyclic amines) is 1. The van der Waals surface area contributed by atoms with Gasteiger partial charge in [-0.25, -0.2) is 0 Å². The van der Waals surface area contributed by atoms with Gasteiger partial charge in [-0.3, -0.25) is 19.3 Å². The van der Waals surface area contributed by atoms with E-state index in [4.69, 9.17) is 14.2 Å². The number of carbonyl (C=O) groups is 3. The Balaban J connectivity index is 1.44. The third-order valence-corrected chi connectivity index (χ3v) is 8.77. The number of piperidine rings is 1. The van der Waals surface area contributed by atoms with Crippen LogP contribution in [0.15, 0.2) is 54.6 Å². The zero-order valence-corrected chi connectivity index (χ0v) is 24.2. The molecule has 3 fully saturated rings. The van der Waals surface area contributed by atoms with Crippen molar-refractivity contribution in [1.82, 2.24) is 10.2 Å². The summed E-state index contributed by atoms with van der Waals surface area (Å²) >= 11 is 0. The molecule has 1 heterocycles. The zero-order chi connectivity index (χ0) is 29.0. The lowest BCUT2D eigenvalue weighted by Gasteiger charge is -2.59. The molecule has 2 aromatic carbocycles. The van der Waals surface area contributed by atoms with Gasteiger partial charge < -0.3 is 19.5 Å². The van der Waals surface area contributed by atoms with Crippen molar-refractivity contribution in [3.05, 3.63) is 65.7 Å². The molecule has 0 bridgehead atoms. The molecule has 0 aromatic heterocycles. The van der Waals surface area contributed by atoms with Crippen LogP contribution in [0.3, 0.4) is 0 Å². The Kier molecular flexibility index (Phi) is 8.50. The van der Waals surface area contributed by atoms with Gasteiger partial charge in [0, 0.05) is 44.5 Å². The van der Waals surface area contributed by atoms with E-state index in [1.807, 2.05) is 42.5 Å². The fraction of sp³-hybridized carbons (Fsp3) is 0.485. The highest BCUT2D eigenvalue weighted by atomic mass is 16.6. The molecule has 1 aliphatic heterocycles. The fourth-order valence-corrected chi connectivity index (χ4v) is 6.82. The molecule has 1 N–H and O–H groups in total. The van der Waals surface area contributed by atoms with Crippen molar-refractivity contribution >= 4 is 23.9 Å². The van der Waals surface area contributed by atoms with Gasteiger partial charge in [-0.1, -0.05) is 24.3 Å². The van der Waals surface area contributed by atoms with Crippen molar-refractivity contribution in [2.45, 2.75) is 69.4 Å². The van der Waals surface area contributed by atoms with Crippen LogP contribution in [-0.2, 0) is 24.5 Å². The Labute approximate surface area is 242 Å². The SMILES string of the molecule is COc1cccc(/C=C/C(=O)NC2CCC3(OC(C)=O)CN(CC4CC4)CCC3(c3cccc(OC(C)=O)c3)C2)c1. The van der Waals surface area contributed by atoms with E-state index < -0.39 is 11.0 Å². The number of amides is 1. The van der Waals surface area contributed by atoms with E-state index in [0.717, 1.165) is 42.3 Å². The summed E-state index contributed by atoms with van der Waals surface area (Å²) in [5.41, 5.74) is 0.535. The number of benzene rings is 2. The van der Waals surface area contributed by atoms with Crippen molar-refractivity contribution in [1.29, 1.82) is 0 Å². The van der Waals surface area contributed by atoms with Crippen LogP contribution in [0.2, 0.25) is 0 Å². The summed E-state index contributed by atoms with van der Waals surface area (Å²) in [4.78, 5) is 39.9. The molecule has 41 heavy (non-hydrogen) atoms. The van der Waals surface area contributed by atoms with Gasteiger partial charge in [0.05, 0.1) is 7.11 Å². The first-order valence-electron chi connectivity index (χ1n) is 14.5. The number of fused-ring (bicyclic) bond motifs is 1. The lowest BCUT2D eigenvalue weighted by atomic mass is 9.55. The number of rotatable bonds is 9. The monoisotopic (exact) mass is 560 g/mol. The summed E-state index contributed by atoms with van der Waals surface area (Å²) in [7, 11) is 1.61. The van der Waals surface area contributed by atoms with Crippen molar-refractivity contribution in [3.8, 4) is 11.5 Å². The maximum atomic E-state index is 13.1. The Hall–Kier alpha value is -3.65. The number of esters is 2. The van der Waals surface area contributed by atoms with Crippen molar-refractivity contribution in [2.24, 2.45) is 5.92 Å². The Morgan fingerprint density at radius 1 is 1.00 bits per heavy atom. The van der Waals surface area contributed by atoms with Crippen LogP contribution in [0.5, 0.6) is 11.5 Å². The van der Waals surface area contributed by atoms with Crippen molar-refractivity contribution in [3.63, 3.8) is 0 Å². The second-order valence-corrected chi connectivity index (χ2v) is 11.8. The molecule has 1 amide bonds. The number of hydrogen-bond donors (Lipinski definition) is 1. The third kappa shape index (κ3) is 6.64. The minimum Gasteiger partial charge on any atom is -0.497 e. The van der Waals surface area contributed by atoms with Gasteiger partial charge in [-0.15, -0.1) is 0 Å². The van der Waals surface area contributed by atoms with Crippen LogP contribution in [0.25, 0.3) is 6.08 Å². The van der Waals surface area contributed by atoms with Crippen molar-refractivity contribution < 1.29 is 28.6 Å². The number of ether oxygens (including phenoxy) is 3. The lowest BCUT2D eigenvalue weighted by molar-refractivity contribution is -0.187. The Morgan fingerprint density at radius 3 is 2.51 bits per heavy atom. The first kappa shape index (κ1) is 28.9. The number of nitrogens with one attached hydrogen (secondary N) is 1. The normalized spacial score (nSPS) is 26.2. The second kappa shape index (κ2) is 12.1. The minimum atomic E-state index is -0.752. The quantitative estimate of drug-likeness (QED) is 0.271. The van der Waals surface area contributed by atoms with Gasteiger partial charge in [-0.2, -0.15) is 0 Å². The predicted octanol–water partition coefficient (Wildman–Crippen LogP) is 4.66.